The molecule has 0 aromatic rings. The predicted molar refractivity (Wildman–Crippen MR) is 64.7 cm³/mol. The second-order valence-corrected chi connectivity index (χ2v) is 4.47. The Morgan fingerprint density at radius 3 is 2.33 bits per heavy atom. The van der Waals surface area contributed by atoms with Crippen molar-refractivity contribution >= 4 is 17.8 Å². The van der Waals surface area contributed by atoms with Crippen LogP contribution in [0.15, 0.2) is 0 Å². The van der Waals surface area contributed by atoms with Crippen LogP contribution in [0.4, 0.5) is 0 Å². The van der Waals surface area contributed by atoms with E-state index in [-0.39, 0.29) is 12.3 Å². The van der Waals surface area contributed by atoms with E-state index in [1.165, 1.54) is 19.1 Å². The van der Waals surface area contributed by atoms with E-state index in [9.17, 15) is 14.4 Å². The number of rotatable bonds is 4. The second kappa shape index (κ2) is 6.37. The molecule has 1 rings (SSSR count). The topological polar surface area (TPSA) is 66.9 Å². The Labute approximate surface area is 107 Å². The number of carbonyl (C=O) groups is 3. The van der Waals surface area contributed by atoms with Crippen molar-refractivity contribution < 1.29 is 19.1 Å². The van der Waals surface area contributed by atoms with Gasteiger partial charge >= 0.3 is 5.97 Å². The van der Waals surface area contributed by atoms with Crippen LogP contribution in [-0.4, -0.2) is 60.9 Å². The van der Waals surface area contributed by atoms with Crippen LogP contribution in [-0.2, 0) is 19.1 Å². The van der Waals surface area contributed by atoms with Gasteiger partial charge in [0.25, 0.3) is 0 Å². The molecule has 1 unspecified atom stereocenters. The van der Waals surface area contributed by atoms with E-state index in [2.05, 4.69) is 4.74 Å². The Balaban J connectivity index is 2.53. The first-order chi connectivity index (χ1) is 8.47. The van der Waals surface area contributed by atoms with Crippen molar-refractivity contribution in [2.24, 2.45) is 0 Å². The van der Waals surface area contributed by atoms with E-state index >= 15 is 0 Å². The lowest BCUT2D eigenvalue weighted by atomic mass is 10.2. The van der Waals surface area contributed by atoms with Gasteiger partial charge in [-0.1, -0.05) is 0 Å². The monoisotopic (exact) mass is 256 g/mol. The van der Waals surface area contributed by atoms with Gasteiger partial charge in [0, 0.05) is 20.1 Å². The van der Waals surface area contributed by atoms with Crippen LogP contribution in [0.5, 0.6) is 0 Å². The third-order valence-electron chi connectivity index (χ3n) is 3.27. The Kier molecular flexibility index (Phi) is 5.12. The molecule has 0 aromatic heterocycles. The molecule has 0 bridgehead atoms. The molecule has 6 heteroatoms. The number of likely N-dealkylation sites (tertiary alicyclic amines) is 1. The molecule has 1 aliphatic heterocycles. The predicted octanol–water partition coefficient (Wildman–Crippen LogP) is 0.0188. The lowest BCUT2D eigenvalue weighted by Crippen LogP contribution is -2.47. The lowest BCUT2D eigenvalue weighted by Gasteiger charge is -2.27. The molecule has 0 radical (unpaired) electrons. The average molecular weight is 256 g/mol. The van der Waals surface area contributed by atoms with E-state index in [0.29, 0.717) is 0 Å². The minimum atomic E-state index is -0.590. The van der Waals surface area contributed by atoms with Crippen LogP contribution >= 0.6 is 0 Å². The smallest absolute Gasteiger partial charge is 0.315 e. The lowest BCUT2D eigenvalue weighted by molar-refractivity contribution is -0.150. The number of methoxy groups -OCH3 is 1. The first kappa shape index (κ1) is 14.5. The summed E-state index contributed by atoms with van der Waals surface area (Å²) in [6, 6.07) is -0.541. The van der Waals surface area contributed by atoms with Crippen molar-refractivity contribution in [2.75, 3.05) is 27.2 Å². The average Bonchev–Trinajstić information content (AvgIpc) is 2.89. The van der Waals surface area contributed by atoms with Crippen LogP contribution < -0.4 is 0 Å². The highest BCUT2D eigenvalue weighted by Crippen LogP contribution is 2.11. The Bertz CT molecular complexity index is 337. The molecule has 1 heterocycles. The van der Waals surface area contributed by atoms with Crippen LogP contribution in [0.1, 0.15) is 26.2 Å². The van der Waals surface area contributed by atoms with Gasteiger partial charge in [-0.2, -0.15) is 0 Å². The molecule has 1 atom stereocenters. The van der Waals surface area contributed by atoms with Gasteiger partial charge in [0.1, 0.15) is 12.5 Å². The van der Waals surface area contributed by atoms with Crippen LogP contribution in [0.3, 0.4) is 0 Å². The third kappa shape index (κ3) is 3.45. The maximum Gasteiger partial charge on any atom is 0.315 e. The Morgan fingerprint density at radius 1 is 1.28 bits per heavy atom. The minimum Gasteiger partial charge on any atom is -0.469 e. The number of hydrogen-bond acceptors (Lipinski definition) is 4. The summed E-state index contributed by atoms with van der Waals surface area (Å²) in [5.74, 6) is -1.05. The molecule has 6 nitrogen and oxygen atoms in total. The number of hydrogen-bond donors (Lipinski definition) is 0. The molecule has 1 aliphatic rings. The zero-order valence-electron chi connectivity index (χ0n) is 11.1. The fraction of sp³-hybridized carbons (Fsp3) is 0.750. The molecule has 0 aromatic carbocycles. The number of carbonyl (C=O) groups excluding carboxylic acids is 3. The highest BCUT2D eigenvalue weighted by Gasteiger charge is 2.29. The summed E-state index contributed by atoms with van der Waals surface area (Å²) < 4.78 is 4.43. The first-order valence-electron chi connectivity index (χ1n) is 6.08. The molecule has 1 saturated heterocycles. The summed E-state index contributed by atoms with van der Waals surface area (Å²) in [5.41, 5.74) is 0. The number of esters is 1. The highest BCUT2D eigenvalue weighted by molar-refractivity contribution is 5.96. The SMILES string of the molecule is COC(=O)CC(=O)N(C)C(C)C(=O)N1CCCC1. The second-order valence-electron chi connectivity index (χ2n) is 4.47. The summed E-state index contributed by atoms with van der Waals surface area (Å²) in [4.78, 5) is 37.9. The zero-order chi connectivity index (χ0) is 13.7. The van der Waals surface area contributed by atoms with E-state index in [1.807, 2.05) is 0 Å². The minimum absolute atomic E-state index is 0.0618. The van der Waals surface area contributed by atoms with Gasteiger partial charge in [0.2, 0.25) is 11.8 Å². The summed E-state index contributed by atoms with van der Waals surface area (Å²) in [5, 5.41) is 0. The van der Waals surface area contributed by atoms with Crippen molar-refractivity contribution in [3.8, 4) is 0 Å². The van der Waals surface area contributed by atoms with Crippen LogP contribution in [0.25, 0.3) is 0 Å². The van der Waals surface area contributed by atoms with Crippen LogP contribution in [0, 0.1) is 0 Å². The number of nitrogens with zero attached hydrogens (tertiary/aromatic N) is 2. The molecule has 0 N–H and O–H groups in total. The first-order valence-corrected chi connectivity index (χ1v) is 6.08. The molecule has 0 spiro atoms. The zero-order valence-corrected chi connectivity index (χ0v) is 11.1. The molecule has 0 saturated carbocycles. The number of amides is 2. The van der Waals surface area contributed by atoms with Crippen molar-refractivity contribution in [1.82, 2.24) is 9.80 Å². The van der Waals surface area contributed by atoms with Crippen molar-refractivity contribution in [2.45, 2.75) is 32.2 Å². The van der Waals surface area contributed by atoms with Crippen LogP contribution in [0.2, 0.25) is 0 Å². The molecular formula is C12H20N2O4. The number of likely N-dealkylation sites (N-methyl/N-ethyl adjacent to an activating group) is 1. The fourth-order valence-corrected chi connectivity index (χ4v) is 1.90. The summed E-state index contributed by atoms with van der Waals surface area (Å²) in [6.45, 7) is 3.18. The summed E-state index contributed by atoms with van der Waals surface area (Å²) in [7, 11) is 2.76. The van der Waals surface area contributed by atoms with Gasteiger partial charge in [-0.15, -0.1) is 0 Å². The maximum atomic E-state index is 12.1. The normalized spacial score (nSPS) is 16.3. The standard InChI is InChI=1S/C12H20N2O4/c1-9(12(17)14-6-4-5-7-14)13(2)10(15)8-11(16)18-3/h9H,4-8H2,1-3H3. The molecule has 18 heavy (non-hydrogen) atoms. The highest BCUT2D eigenvalue weighted by atomic mass is 16.5. The molecule has 0 aliphatic carbocycles. The molecule has 1 fully saturated rings. The van der Waals surface area contributed by atoms with E-state index in [0.717, 1.165) is 25.9 Å². The van der Waals surface area contributed by atoms with E-state index in [1.54, 1.807) is 11.8 Å². The Hall–Kier alpha value is -1.59. The Morgan fingerprint density at radius 2 is 1.83 bits per heavy atom. The summed E-state index contributed by atoms with van der Waals surface area (Å²) >= 11 is 0. The van der Waals surface area contributed by atoms with Gasteiger partial charge in [0.05, 0.1) is 7.11 Å². The van der Waals surface area contributed by atoms with Crippen molar-refractivity contribution in [3.05, 3.63) is 0 Å². The largest absolute Gasteiger partial charge is 0.469 e. The quantitative estimate of drug-likeness (QED) is 0.525. The molecule has 102 valence electrons. The van der Waals surface area contributed by atoms with Gasteiger partial charge in [0.15, 0.2) is 0 Å². The third-order valence-corrected chi connectivity index (χ3v) is 3.27. The summed E-state index contributed by atoms with van der Waals surface area (Å²) in [6.07, 6.45) is 1.70. The van der Waals surface area contributed by atoms with Gasteiger partial charge < -0.3 is 14.5 Å². The van der Waals surface area contributed by atoms with Crippen molar-refractivity contribution in [3.63, 3.8) is 0 Å². The molecule has 2 amide bonds. The number of ether oxygens (including phenoxy) is 1. The van der Waals surface area contributed by atoms with Crippen molar-refractivity contribution in [1.29, 1.82) is 0 Å². The van der Waals surface area contributed by atoms with Gasteiger partial charge in [-0.05, 0) is 19.8 Å². The van der Waals surface area contributed by atoms with Gasteiger partial charge in [-0.3, -0.25) is 14.4 Å². The molecular weight excluding hydrogens is 236 g/mol. The maximum absolute atomic E-state index is 12.1. The van der Waals surface area contributed by atoms with E-state index < -0.39 is 17.9 Å². The van der Waals surface area contributed by atoms with E-state index in [4.69, 9.17) is 0 Å². The fourth-order valence-electron chi connectivity index (χ4n) is 1.90. The van der Waals surface area contributed by atoms with Gasteiger partial charge in [-0.25, -0.2) is 0 Å².